The van der Waals surface area contributed by atoms with Crippen LogP contribution in [0.2, 0.25) is 5.02 Å². The van der Waals surface area contributed by atoms with Crippen LogP contribution in [0.5, 0.6) is 0 Å². The van der Waals surface area contributed by atoms with Gasteiger partial charge in [0.1, 0.15) is 5.78 Å². The van der Waals surface area contributed by atoms with Crippen LogP contribution in [0.1, 0.15) is 6.42 Å². The Balaban J connectivity index is 2.78. The number of carbonyl (C=O) groups is 1. The zero-order valence-electron chi connectivity index (χ0n) is 8.32. The predicted octanol–water partition coefficient (Wildman–Crippen LogP) is 2.47. The molecule has 0 saturated heterocycles. The molecule has 0 aliphatic carbocycles. The van der Waals surface area contributed by atoms with E-state index in [-0.39, 0.29) is 28.2 Å². The van der Waals surface area contributed by atoms with Gasteiger partial charge >= 0.3 is 0 Å². The number of hydrogen-bond donors (Lipinski definition) is 0. The van der Waals surface area contributed by atoms with Crippen molar-refractivity contribution in [3.05, 3.63) is 29.3 Å². The van der Waals surface area contributed by atoms with Crippen molar-refractivity contribution in [1.82, 2.24) is 0 Å². The van der Waals surface area contributed by atoms with E-state index in [2.05, 4.69) is 15.9 Å². The molecular weight excluding hydrogens is 316 g/mol. The average Bonchev–Trinajstić information content (AvgIpc) is 2.26. The number of benzene rings is 1. The lowest BCUT2D eigenvalue weighted by molar-refractivity contribution is -0.116. The number of ketones is 1. The van der Waals surface area contributed by atoms with Gasteiger partial charge in [-0.3, -0.25) is 4.79 Å². The number of hydrogen-bond acceptors (Lipinski definition) is 3. The molecule has 0 aliphatic rings. The third kappa shape index (κ3) is 3.88. The highest BCUT2D eigenvalue weighted by atomic mass is 79.9. The van der Waals surface area contributed by atoms with Gasteiger partial charge in [-0.05, 0) is 24.3 Å². The van der Waals surface area contributed by atoms with Crippen LogP contribution in [-0.2, 0) is 14.6 Å². The van der Waals surface area contributed by atoms with E-state index in [1.54, 1.807) is 0 Å². The molecule has 16 heavy (non-hydrogen) atoms. The van der Waals surface area contributed by atoms with Gasteiger partial charge in [0, 0.05) is 11.4 Å². The van der Waals surface area contributed by atoms with Crippen LogP contribution in [0.4, 0.5) is 0 Å². The molecule has 1 aromatic carbocycles. The van der Waals surface area contributed by atoms with Crippen molar-refractivity contribution < 1.29 is 13.2 Å². The zero-order chi connectivity index (χ0) is 12.2. The molecule has 3 nitrogen and oxygen atoms in total. The van der Waals surface area contributed by atoms with Crippen molar-refractivity contribution in [3.8, 4) is 0 Å². The fraction of sp³-hybridized carbons (Fsp3) is 0.300. The minimum Gasteiger partial charge on any atom is -0.299 e. The molecule has 0 fully saturated rings. The van der Waals surface area contributed by atoms with Crippen LogP contribution in [0, 0.1) is 0 Å². The number of carbonyl (C=O) groups excluding carboxylic acids is 1. The third-order valence-corrected chi connectivity index (χ3v) is 4.58. The topological polar surface area (TPSA) is 51.2 Å². The summed E-state index contributed by atoms with van der Waals surface area (Å²) in [5.41, 5.74) is 0. The van der Waals surface area contributed by atoms with E-state index in [4.69, 9.17) is 11.6 Å². The highest BCUT2D eigenvalue weighted by molar-refractivity contribution is 9.09. The SMILES string of the molecule is O=C(CBr)CCS(=O)(=O)c1ccc(Cl)cc1. The zero-order valence-corrected chi connectivity index (χ0v) is 11.5. The standard InChI is InChI=1S/C10H10BrClO3S/c11-7-9(13)5-6-16(14,15)10-3-1-8(12)2-4-10/h1-4H,5-7H2. The third-order valence-electron chi connectivity index (χ3n) is 1.97. The Bertz CT molecular complexity index is 467. The molecule has 0 unspecified atom stereocenters. The van der Waals surface area contributed by atoms with Crippen LogP contribution < -0.4 is 0 Å². The quantitative estimate of drug-likeness (QED) is 0.782. The lowest BCUT2D eigenvalue weighted by Gasteiger charge is -2.03. The average molecular weight is 326 g/mol. The summed E-state index contributed by atoms with van der Waals surface area (Å²) in [6.07, 6.45) is 0.0240. The largest absolute Gasteiger partial charge is 0.299 e. The van der Waals surface area contributed by atoms with Crippen LogP contribution >= 0.6 is 27.5 Å². The monoisotopic (exact) mass is 324 g/mol. The van der Waals surface area contributed by atoms with E-state index in [1.165, 1.54) is 24.3 Å². The maximum Gasteiger partial charge on any atom is 0.178 e. The summed E-state index contributed by atoms with van der Waals surface area (Å²) in [4.78, 5) is 11.2. The summed E-state index contributed by atoms with van der Waals surface area (Å²) in [5.74, 6) is -0.295. The molecule has 0 N–H and O–H groups in total. The van der Waals surface area contributed by atoms with Crippen molar-refractivity contribution in [1.29, 1.82) is 0 Å². The summed E-state index contributed by atoms with van der Waals surface area (Å²) in [5, 5.41) is 0.666. The van der Waals surface area contributed by atoms with Crippen molar-refractivity contribution >= 4 is 43.2 Å². The predicted molar refractivity (Wildman–Crippen MR) is 66.9 cm³/mol. The number of sulfone groups is 1. The van der Waals surface area contributed by atoms with Crippen molar-refractivity contribution in [2.75, 3.05) is 11.1 Å². The summed E-state index contributed by atoms with van der Waals surface area (Å²) in [7, 11) is -3.38. The van der Waals surface area contributed by atoms with Gasteiger partial charge in [-0.2, -0.15) is 0 Å². The molecule has 6 heteroatoms. The highest BCUT2D eigenvalue weighted by Gasteiger charge is 2.15. The number of alkyl halides is 1. The van der Waals surface area contributed by atoms with Gasteiger partial charge in [-0.1, -0.05) is 27.5 Å². The van der Waals surface area contributed by atoms with Crippen molar-refractivity contribution in [3.63, 3.8) is 0 Å². The molecule has 0 spiro atoms. The van der Waals surface area contributed by atoms with Gasteiger partial charge in [-0.15, -0.1) is 0 Å². The van der Waals surface area contributed by atoms with Gasteiger partial charge in [0.25, 0.3) is 0 Å². The Labute approximate surface area is 108 Å². The van der Waals surface area contributed by atoms with Gasteiger partial charge in [0.2, 0.25) is 0 Å². The summed E-state index contributed by atoms with van der Waals surface area (Å²) in [6.45, 7) is 0. The van der Waals surface area contributed by atoms with E-state index in [9.17, 15) is 13.2 Å². The Morgan fingerprint density at radius 1 is 1.25 bits per heavy atom. The number of halogens is 2. The Morgan fingerprint density at radius 3 is 2.31 bits per heavy atom. The summed E-state index contributed by atoms with van der Waals surface area (Å²) < 4.78 is 23.5. The Hall–Kier alpha value is -0.390. The summed E-state index contributed by atoms with van der Waals surface area (Å²) >= 11 is 8.64. The first kappa shape index (κ1) is 13.7. The fourth-order valence-electron chi connectivity index (χ4n) is 1.07. The Morgan fingerprint density at radius 2 is 1.81 bits per heavy atom. The van der Waals surface area contributed by atoms with E-state index in [1.807, 2.05) is 0 Å². The van der Waals surface area contributed by atoms with Crippen LogP contribution in [0.3, 0.4) is 0 Å². The van der Waals surface area contributed by atoms with E-state index in [0.29, 0.717) is 5.02 Å². The molecule has 0 aliphatic heterocycles. The van der Waals surface area contributed by atoms with E-state index < -0.39 is 9.84 Å². The van der Waals surface area contributed by atoms with E-state index >= 15 is 0 Å². The van der Waals surface area contributed by atoms with Gasteiger partial charge < -0.3 is 0 Å². The van der Waals surface area contributed by atoms with Gasteiger partial charge in [-0.25, -0.2) is 8.42 Å². The maximum absolute atomic E-state index is 11.8. The molecule has 0 saturated carbocycles. The molecule has 0 radical (unpaired) electrons. The lowest BCUT2D eigenvalue weighted by Crippen LogP contribution is -2.11. The minimum atomic E-state index is -3.38. The normalized spacial score (nSPS) is 11.4. The lowest BCUT2D eigenvalue weighted by atomic mass is 10.3. The molecule has 1 rings (SSSR count). The molecule has 0 heterocycles. The van der Waals surface area contributed by atoms with E-state index in [0.717, 1.165) is 0 Å². The smallest absolute Gasteiger partial charge is 0.178 e. The molecule has 0 aromatic heterocycles. The molecule has 0 amide bonds. The first-order chi connectivity index (χ1) is 7.45. The van der Waals surface area contributed by atoms with Crippen LogP contribution in [-0.4, -0.2) is 25.3 Å². The van der Waals surface area contributed by atoms with Gasteiger partial charge in [0.05, 0.1) is 16.0 Å². The fourth-order valence-corrected chi connectivity index (χ4v) is 2.76. The second kappa shape index (κ2) is 5.80. The van der Waals surface area contributed by atoms with Gasteiger partial charge in [0.15, 0.2) is 9.84 Å². The second-order valence-corrected chi connectivity index (χ2v) is 6.30. The molecule has 1 aromatic rings. The summed E-state index contributed by atoms with van der Waals surface area (Å²) in [6, 6.07) is 5.91. The highest BCUT2D eigenvalue weighted by Crippen LogP contribution is 2.16. The second-order valence-electron chi connectivity index (χ2n) is 3.20. The number of Topliss-reactive ketones (excluding diaryl/α,β-unsaturated/α-hetero) is 1. The van der Waals surface area contributed by atoms with Crippen molar-refractivity contribution in [2.45, 2.75) is 11.3 Å². The molecular formula is C10H10BrClO3S. The van der Waals surface area contributed by atoms with Crippen LogP contribution in [0.25, 0.3) is 0 Å². The minimum absolute atomic E-state index is 0.0240. The van der Waals surface area contributed by atoms with Crippen LogP contribution in [0.15, 0.2) is 29.2 Å². The first-order valence-corrected chi connectivity index (χ1v) is 7.67. The maximum atomic E-state index is 11.8. The molecule has 0 bridgehead atoms. The van der Waals surface area contributed by atoms with Crippen molar-refractivity contribution in [2.24, 2.45) is 0 Å². The molecule has 88 valence electrons. The molecule has 0 atom stereocenters. The Kier molecular flexibility index (Phi) is 4.95. The first-order valence-electron chi connectivity index (χ1n) is 4.51. The number of rotatable bonds is 5.